The number of para-hydroxylation sites is 1. The molecule has 5 aromatic rings. The van der Waals surface area contributed by atoms with Crippen LogP contribution < -0.4 is 5.63 Å². The predicted molar refractivity (Wildman–Crippen MR) is 119 cm³/mol. The average molecular weight is 460 g/mol. The van der Waals surface area contributed by atoms with Gasteiger partial charge in [0.1, 0.15) is 11.4 Å². The van der Waals surface area contributed by atoms with Crippen molar-refractivity contribution in [2.75, 3.05) is 0 Å². The summed E-state index contributed by atoms with van der Waals surface area (Å²) in [5.74, 6) is -0.310. The number of nitrogens with zero attached hydrogens (tertiary/aromatic N) is 4. The lowest BCUT2D eigenvalue weighted by Gasteiger charge is -2.01. The first-order valence-corrected chi connectivity index (χ1v) is 10.4. The summed E-state index contributed by atoms with van der Waals surface area (Å²) in [6.07, 6.45) is 0. The molecule has 0 bridgehead atoms. The molecular formula is C23H13FN4O4S. The molecule has 8 nitrogen and oxygen atoms in total. The molecule has 2 aromatic heterocycles. The van der Waals surface area contributed by atoms with Crippen molar-refractivity contribution < 1.29 is 18.3 Å². The Bertz CT molecular complexity index is 1530. The molecule has 0 radical (unpaired) electrons. The van der Waals surface area contributed by atoms with E-state index in [2.05, 4.69) is 20.4 Å². The summed E-state index contributed by atoms with van der Waals surface area (Å²) in [6.45, 7) is 0. The molecule has 10 heteroatoms. The van der Waals surface area contributed by atoms with E-state index in [0.29, 0.717) is 27.8 Å². The van der Waals surface area contributed by atoms with Gasteiger partial charge in [0.15, 0.2) is 5.75 Å². The van der Waals surface area contributed by atoms with Crippen molar-refractivity contribution in [2.45, 2.75) is 10.1 Å². The molecule has 0 aliphatic carbocycles. The van der Waals surface area contributed by atoms with Gasteiger partial charge in [0.2, 0.25) is 11.6 Å². The highest BCUT2D eigenvalue weighted by molar-refractivity contribution is 7.99. The minimum atomic E-state index is -0.788. The molecule has 0 aliphatic heterocycles. The number of aromatic nitrogens is 2. The lowest BCUT2D eigenvalue weighted by molar-refractivity contribution is 0.466. The summed E-state index contributed by atoms with van der Waals surface area (Å²) in [5.41, 5.74) is 0.284. The zero-order valence-corrected chi connectivity index (χ0v) is 17.5. The maximum absolute atomic E-state index is 13.0. The Kier molecular flexibility index (Phi) is 5.41. The molecule has 162 valence electrons. The summed E-state index contributed by atoms with van der Waals surface area (Å²) in [5, 5.41) is 26.9. The van der Waals surface area contributed by atoms with Gasteiger partial charge in [-0.15, -0.1) is 15.3 Å². The number of aromatic hydroxyl groups is 1. The Balaban J connectivity index is 1.34. The maximum atomic E-state index is 13.0. The second-order valence-electron chi connectivity index (χ2n) is 6.76. The Labute approximate surface area is 189 Å². The highest BCUT2D eigenvalue weighted by Crippen LogP contribution is 2.33. The number of hydrogen-bond donors (Lipinski definition) is 1. The maximum Gasteiger partial charge on any atom is 0.368 e. The van der Waals surface area contributed by atoms with Gasteiger partial charge in [0, 0.05) is 10.5 Å². The van der Waals surface area contributed by atoms with E-state index in [-0.39, 0.29) is 22.8 Å². The minimum absolute atomic E-state index is 0.264. The number of fused-ring (bicyclic) bond motifs is 1. The van der Waals surface area contributed by atoms with Crippen LogP contribution in [0, 0.1) is 5.82 Å². The van der Waals surface area contributed by atoms with E-state index in [9.17, 15) is 14.3 Å². The topological polar surface area (TPSA) is 114 Å². The summed E-state index contributed by atoms with van der Waals surface area (Å²) in [7, 11) is 0. The third-order valence-corrected chi connectivity index (χ3v) is 5.41. The van der Waals surface area contributed by atoms with Crippen LogP contribution in [0.15, 0.2) is 107 Å². The van der Waals surface area contributed by atoms with Gasteiger partial charge in [-0.1, -0.05) is 12.1 Å². The molecule has 33 heavy (non-hydrogen) atoms. The lowest BCUT2D eigenvalue weighted by Crippen LogP contribution is -1.98. The minimum Gasteiger partial charge on any atom is -0.505 e. The van der Waals surface area contributed by atoms with Crippen molar-refractivity contribution in [3.63, 3.8) is 0 Å². The molecule has 0 atom stereocenters. The van der Waals surface area contributed by atoms with Crippen molar-refractivity contribution >= 4 is 34.1 Å². The number of hydrogen-bond acceptors (Lipinski definition) is 9. The van der Waals surface area contributed by atoms with Crippen LogP contribution in [-0.2, 0) is 0 Å². The third kappa shape index (κ3) is 4.37. The van der Waals surface area contributed by atoms with E-state index in [1.165, 1.54) is 23.9 Å². The first kappa shape index (κ1) is 20.6. The molecular weight excluding hydrogens is 447 g/mol. The van der Waals surface area contributed by atoms with Gasteiger partial charge < -0.3 is 13.9 Å². The fourth-order valence-corrected chi connectivity index (χ4v) is 3.64. The molecule has 0 unspecified atom stereocenters. The molecule has 0 fully saturated rings. The van der Waals surface area contributed by atoms with E-state index < -0.39 is 5.63 Å². The monoisotopic (exact) mass is 460 g/mol. The number of rotatable bonds is 5. The number of halogens is 1. The molecule has 0 saturated carbocycles. The normalized spacial score (nSPS) is 11.4. The van der Waals surface area contributed by atoms with Crippen LogP contribution in [-0.4, -0.2) is 15.3 Å². The number of azo groups is 1. The Hall–Kier alpha value is -4.31. The molecule has 2 heterocycles. The van der Waals surface area contributed by atoms with Crippen LogP contribution in [0.3, 0.4) is 0 Å². The van der Waals surface area contributed by atoms with Crippen LogP contribution >= 0.6 is 11.8 Å². The molecule has 0 saturated heterocycles. The zero-order chi connectivity index (χ0) is 22.8. The smallest absolute Gasteiger partial charge is 0.368 e. The highest BCUT2D eigenvalue weighted by atomic mass is 32.2. The SMILES string of the molecule is O=c1oc2ccccc2c(O)c1N=Nc1ccc(-c2nnc(Sc3ccc(F)cc3)o2)cc1. The van der Waals surface area contributed by atoms with Gasteiger partial charge in [0.25, 0.3) is 5.22 Å². The van der Waals surface area contributed by atoms with Crippen molar-refractivity contribution in [1.82, 2.24) is 10.2 Å². The number of benzene rings is 3. The van der Waals surface area contributed by atoms with Crippen LogP contribution in [0.1, 0.15) is 0 Å². The summed E-state index contributed by atoms with van der Waals surface area (Å²) in [6, 6.07) is 19.3. The molecule has 5 rings (SSSR count). The van der Waals surface area contributed by atoms with Crippen molar-refractivity contribution in [1.29, 1.82) is 0 Å². The fraction of sp³-hybridized carbons (Fsp3) is 0. The largest absolute Gasteiger partial charge is 0.505 e. The fourth-order valence-electron chi connectivity index (χ4n) is 2.96. The van der Waals surface area contributed by atoms with Crippen LogP contribution in [0.5, 0.6) is 5.75 Å². The van der Waals surface area contributed by atoms with Gasteiger partial charge in [-0.3, -0.25) is 0 Å². The molecule has 1 N–H and O–H groups in total. The van der Waals surface area contributed by atoms with Crippen LogP contribution in [0.25, 0.3) is 22.4 Å². The van der Waals surface area contributed by atoms with E-state index in [4.69, 9.17) is 8.83 Å². The van der Waals surface area contributed by atoms with E-state index in [1.54, 1.807) is 60.7 Å². The van der Waals surface area contributed by atoms with Crippen molar-refractivity contribution in [3.8, 4) is 17.2 Å². The van der Waals surface area contributed by atoms with Gasteiger partial charge in [-0.05, 0) is 72.4 Å². The summed E-state index contributed by atoms with van der Waals surface area (Å²) < 4.78 is 23.9. The lowest BCUT2D eigenvalue weighted by atomic mass is 10.2. The average Bonchev–Trinajstić information content (AvgIpc) is 3.29. The molecule has 0 spiro atoms. The van der Waals surface area contributed by atoms with Gasteiger partial charge in [-0.25, -0.2) is 9.18 Å². The summed E-state index contributed by atoms with van der Waals surface area (Å²) >= 11 is 1.22. The van der Waals surface area contributed by atoms with Crippen molar-refractivity contribution in [3.05, 3.63) is 89.0 Å². The highest BCUT2D eigenvalue weighted by Gasteiger charge is 2.14. The van der Waals surface area contributed by atoms with Gasteiger partial charge >= 0.3 is 5.63 Å². The standard InChI is InChI=1S/C23H13FN4O4S/c24-14-7-11-16(12-8-14)33-23-28-27-21(32-23)13-5-9-15(10-6-13)25-26-19-20(29)17-3-1-2-4-18(17)31-22(19)30/h1-12,29H. The van der Waals surface area contributed by atoms with Gasteiger partial charge in [0.05, 0.1) is 11.1 Å². The quantitative estimate of drug-likeness (QED) is 0.243. The van der Waals surface area contributed by atoms with Crippen LogP contribution in [0.4, 0.5) is 15.8 Å². The Morgan fingerprint density at radius 1 is 0.879 bits per heavy atom. The van der Waals surface area contributed by atoms with E-state index >= 15 is 0 Å². The second-order valence-corrected chi connectivity index (χ2v) is 7.78. The predicted octanol–water partition coefficient (Wildman–Crippen LogP) is 6.25. The third-order valence-electron chi connectivity index (χ3n) is 4.57. The first-order chi connectivity index (χ1) is 16.1. The van der Waals surface area contributed by atoms with E-state index in [0.717, 1.165) is 4.90 Å². The van der Waals surface area contributed by atoms with E-state index in [1.807, 2.05) is 0 Å². The summed E-state index contributed by atoms with van der Waals surface area (Å²) in [4.78, 5) is 12.9. The molecule has 3 aromatic carbocycles. The molecule has 0 amide bonds. The second kappa shape index (κ2) is 8.67. The Morgan fingerprint density at radius 3 is 2.42 bits per heavy atom. The van der Waals surface area contributed by atoms with Crippen LogP contribution in [0.2, 0.25) is 0 Å². The molecule has 0 aliphatic rings. The van der Waals surface area contributed by atoms with Crippen molar-refractivity contribution in [2.24, 2.45) is 10.2 Å². The Morgan fingerprint density at radius 2 is 1.64 bits per heavy atom. The first-order valence-electron chi connectivity index (χ1n) is 9.61. The zero-order valence-electron chi connectivity index (χ0n) is 16.7. The van der Waals surface area contributed by atoms with Gasteiger partial charge in [-0.2, -0.15) is 5.11 Å².